The molecule has 3 aromatic carbocycles. The fourth-order valence-electron chi connectivity index (χ4n) is 6.58. The van der Waals surface area contributed by atoms with E-state index >= 15 is 0 Å². The molecule has 3 fully saturated rings. The summed E-state index contributed by atoms with van der Waals surface area (Å²) >= 11 is 13.0. The smallest absolute Gasteiger partial charge is 0.414 e. The van der Waals surface area contributed by atoms with Crippen LogP contribution in [0.4, 0.5) is 10.5 Å². The number of aromatic amines is 1. The van der Waals surface area contributed by atoms with Crippen LogP contribution in [0, 0.1) is 5.92 Å². The molecule has 7 rings (SSSR count). The minimum Gasteiger partial charge on any atom is -0.493 e. The average Bonchev–Trinajstić information content (AvgIpc) is 3.15. The number of methoxy groups -OCH3 is 2. The number of fused-ring (bicyclic) bond motifs is 3. The number of anilines is 1. The minimum absolute atomic E-state index is 0.154. The fraction of sp³-hybridized carbons (Fsp3) is 0.342. The van der Waals surface area contributed by atoms with Crippen LogP contribution in [-0.4, -0.2) is 62.0 Å². The van der Waals surface area contributed by atoms with E-state index in [9.17, 15) is 14.7 Å². The second kappa shape index (κ2) is 16.1. The summed E-state index contributed by atoms with van der Waals surface area (Å²) in [6.07, 6.45) is 4.10. The first-order chi connectivity index (χ1) is 24.3. The Labute approximate surface area is 301 Å². The summed E-state index contributed by atoms with van der Waals surface area (Å²) < 4.78 is 23.1. The molecule has 50 heavy (non-hydrogen) atoms. The van der Waals surface area contributed by atoms with Gasteiger partial charge in [0.15, 0.2) is 23.9 Å². The molecule has 4 aromatic rings. The van der Waals surface area contributed by atoms with Crippen molar-refractivity contribution in [1.29, 1.82) is 0 Å². The molecule has 0 radical (unpaired) electrons. The van der Waals surface area contributed by atoms with Crippen molar-refractivity contribution in [2.45, 2.75) is 44.6 Å². The number of nitrogens with one attached hydrogen (secondary N) is 1. The van der Waals surface area contributed by atoms with Crippen molar-refractivity contribution < 1.29 is 38.6 Å². The Hall–Kier alpha value is -4.35. The largest absolute Gasteiger partial charge is 0.493 e. The molecule has 2 bridgehead atoms. The first kappa shape index (κ1) is 35.5. The van der Waals surface area contributed by atoms with Gasteiger partial charge >= 0.3 is 12.1 Å². The number of nitrogens with zero attached hydrogens (tertiary/aromatic N) is 2. The quantitative estimate of drug-likeness (QED) is 0.161. The van der Waals surface area contributed by atoms with Gasteiger partial charge in [0.25, 0.3) is 0 Å². The molecule has 0 unspecified atom stereocenters. The Kier molecular flexibility index (Phi) is 11.4. The molecule has 0 aliphatic carbocycles. The maximum atomic E-state index is 13.7. The van der Waals surface area contributed by atoms with Crippen LogP contribution in [0.3, 0.4) is 0 Å². The van der Waals surface area contributed by atoms with Crippen LogP contribution >= 0.6 is 23.2 Å². The van der Waals surface area contributed by atoms with Gasteiger partial charge in [0, 0.05) is 24.2 Å². The number of amides is 1. The molecular formula is C38H40Cl2N3O7+. The normalized spacial score (nSPS) is 18.6. The standard InChI is InChI=1S/C38H39Cl2N3O7/c1-47-33-11-10-28(17-35(33)48-2)34(18-30-31(39)19-41-20-32(30)40)49-37(45)27-8-6-24(7-9-27)21-43(29-5-3-4-25(16-29)23-44)38(46)50-36-22-42-14-12-26(36)13-15-42/h3-11,16-17,19-20,26,34,36,44H,12-15,18,21-23H2,1-2H3/p+1/t34-,36-/m0/s1. The molecule has 12 heteroatoms. The number of hydrogen-bond acceptors (Lipinski definition) is 8. The van der Waals surface area contributed by atoms with Gasteiger partial charge in [-0.3, -0.25) is 9.80 Å². The van der Waals surface area contributed by atoms with Crippen molar-refractivity contribution >= 4 is 41.0 Å². The zero-order valence-electron chi connectivity index (χ0n) is 27.9. The van der Waals surface area contributed by atoms with Crippen molar-refractivity contribution in [2.24, 2.45) is 5.92 Å². The van der Waals surface area contributed by atoms with Gasteiger partial charge in [-0.05, 0) is 84.9 Å². The Morgan fingerprint density at radius 1 is 0.940 bits per heavy atom. The number of halogens is 2. The summed E-state index contributed by atoms with van der Waals surface area (Å²) in [6.45, 7) is 2.86. The SMILES string of the molecule is COc1ccc([C@H](Cc2c(Cl)c[nH+]cc2Cl)OC(=O)c2ccc(CN(C(=O)O[C@H]3CN4CCC3CC4)c3cccc(CO)c3)cc2)cc1OC. The Balaban J connectivity index is 1.22. The van der Waals surface area contributed by atoms with Gasteiger partial charge < -0.3 is 24.1 Å². The Morgan fingerprint density at radius 2 is 1.66 bits per heavy atom. The highest BCUT2D eigenvalue weighted by Gasteiger charge is 2.37. The van der Waals surface area contributed by atoms with E-state index < -0.39 is 18.2 Å². The van der Waals surface area contributed by atoms with Crippen LogP contribution < -0.4 is 19.4 Å². The van der Waals surface area contributed by atoms with E-state index in [0.29, 0.717) is 55.4 Å². The molecule has 10 nitrogen and oxygen atoms in total. The third kappa shape index (κ3) is 8.16. The second-order valence-corrected chi connectivity index (χ2v) is 13.3. The molecule has 3 aliphatic rings. The van der Waals surface area contributed by atoms with Gasteiger partial charge in [0.2, 0.25) is 0 Å². The van der Waals surface area contributed by atoms with Gasteiger partial charge in [-0.15, -0.1) is 0 Å². The number of carbonyl (C=O) groups excluding carboxylic acids is 2. The molecular weight excluding hydrogens is 681 g/mol. The van der Waals surface area contributed by atoms with E-state index in [0.717, 1.165) is 38.0 Å². The summed E-state index contributed by atoms with van der Waals surface area (Å²) in [6, 6.07) is 19.4. The number of piperidine rings is 3. The predicted molar refractivity (Wildman–Crippen MR) is 189 cm³/mol. The van der Waals surface area contributed by atoms with Crippen LogP contribution in [0.2, 0.25) is 10.0 Å². The Morgan fingerprint density at radius 3 is 2.30 bits per heavy atom. The van der Waals surface area contributed by atoms with E-state index in [1.807, 2.05) is 6.07 Å². The van der Waals surface area contributed by atoms with E-state index in [1.165, 1.54) is 7.11 Å². The molecule has 2 atom stereocenters. The number of rotatable bonds is 12. The van der Waals surface area contributed by atoms with Gasteiger partial charge in [0.1, 0.15) is 22.3 Å². The third-order valence-corrected chi connectivity index (χ3v) is 10.1. The number of aliphatic hydroxyl groups is 1. The lowest BCUT2D eigenvalue weighted by Crippen LogP contribution is -2.53. The highest BCUT2D eigenvalue weighted by atomic mass is 35.5. The molecule has 1 aromatic heterocycles. The summed E-state index contributed by atoms with van der Waals surface area (Å²) in [4.78, 5) is 34.1. The van der Waals surface area contributed by atoms with Crippen molar-refractivity contribution in [1.82, 2.24) is 4.90 Å². The molecule has 3 aliphatic heterocycles. The van der Waals surface area contributed by atoms with Crippen molar-refractivity contribution in [3.8, 4) is 11.5 Å². The molecule has 0 saturated carbocycles. The van der Waals surface area contributed by atoms with Crippen LogP contribution in [-0.2, 0) is 29.0 Å². The summed E-state index contributed by atoms with van der Waals surface area (Å²) in [5.41, 5.74) is 3.67. The fourth-order valence-corrected chi connectivity index (χ4v) is 7.12. The van der Waals surface area contributed by atoms with Crippen molar-refractivity contribution in [3.63, 3.8) is 0 Å². The zero-order valence-corrected chi connectivity index (χ0v) is 29.5. The van der Waals surface area contributed by atoms with E-state index in [4.69, 9.17) is 42.1 Å². The number of H-pyrrole nitrogens is 1. The van der Waals surface area contributed by atoms with Gasteiger partial charge in [-0.25, -0.2) is 14.6 Å². The van der Waals surface area contributed by atoms with E-state index in [2.05, 4.69) is 9.88 Å². The topological polar surface area (TPSA) is 112 Å². The van der Waals surface area contributed by atoms with Crippen molar-refractivity contribution in [2.75, 3.05) is 38.8 Å². The van der Waals surface area contributed by atoms with Gasteiger partial charge in [-0.2, -0.15) is 0 Å². The van der Waals surface area contributed by atoms with Crippen LogP contribution in [0.25, 0.3) is 0 Å². The minimum atomic E-state index is -0.769. The zero-order chi connectivity index (χ0) is 35.2. The number of aromatic nitrogens is 1. The van der Waals surface area contributed by atoms with Crippen LogP contribution in [0.5, 0.6) is 11.5 Å². The van der Waals surface area contributed by atoms with E-state index in [1.54, 1.807) is 85.1 Å². The number of ether oxygens (including phenoxy) is 4. The first-order valence-corrected chi connectivity index (χ1v) is 17.3. The van der Waals surface area contributed by atoms with Gasteiger partial charge in [0.05, 0.1) is 32.9 Å². The molecule has 262 valence electrons. The highest BCUT2D eigenvalue weighted by Crippen LogP contribution is 2.36. The van der Waals surface area contributed by atoms with Crippen molar-refractivity contribution in [3.05, 3.63) is 117 Å². The maximum Gasteiger partial charge on any atom is 0.414 e. The number of aliphatic hydroxyl groups excluding tert-OH is 1. The lowest BCUT2D eigenvalue weighted by molar-refractivity contribution is -0.377. The maximum absolute atomic E-state index is 13.7. The molecule has 4 heterocycles. The molecule has 1 amide bonds. The summed E-state index contributed by atoms with van der Waals surface area (Å²) in [7, 11) is 3.08. The summed E-state index contributed by atoms with van der Waals surface area (Å²) in [5.74, 6) is 0.817. The van der Waals surface area contributed by atoms with Gasteiger partial charge in [-0.1, -0.05) is 53.5 Å². The first-order valence-electron chi connectivity index (χ1n) is 16.5. The number of carbonyl (C=O) groups is 2. The predicted octanol–water partition coefficient (Wildman–Crippen LogP) is 6.70. The molecule has 0 spiro atoms. The molecule has 2 N–H and O–H groups in total. The highest BCUT2D eigenvalue weighted by molar-refractivity contribution is 6.35. The number of pyridine rings is 1. The lowest BCUT2D eigenvalue weighted by Gasteiger charge is -2.44. The van der Waals surface area contributed by atoms with E-state index in [-0.39, 0.29) is 25.7 Å². The van der Waals surface area contributed by atoms with Crippen LogP contribution in [0.1, 0.15) is 51.6 Å². The summed E-state index contributed by atoms with van der Waals surface area (Å²) in [5, 5.41) is 10.6. The number of benzene rings is 3. The second-order valence-electron chi connectivity index (χ2n) is 12.5. The monoisotopic (exact) mass is 720 g/mol. The number of esters is 1. The van der Waals surface area contributed by atoms with Crippen LogP contribution in [0.15, 0.2) is 79.1 Å². The Bertz CT molecular complexity index is 1790. The number of hydrogen-bond donors (Lipinski definition) is 1. The molecule has 3 saturated heterocycles. The third-order valence-electron chi connectivity index (χ3n) is 9.42. The average molecular weight is 722 g/mol. The lowest BCUT2D eigenvalue weighted by atomic mass is 9.86.